The number of primary amides is 1. The Kier molecular flexibility index (Phi) is 3.75. The van der Waals surface area contributed by atoms with Crippen LogP contribution in [0.2, 0.25) is 0 Å². The van der Waals surface area contributed by atoms with Crippen molar-refractivity contribution in [1.29, 1.82) is 0 Å². The van der Waals surface area contributed by atoms with E-state index in [9.17, 15) is 4.79 Å². The summed E-state index contributed by atoms with van der Waals surface area (Å²) in [5.74, 6) is -0.0321. The highest BCUT2D eigenvalue weighted by Gasteiger charge is 2.03. The van der Waals surface area contributed by atoms with Crippen LogP contribution in [-0.2, 0) is 11.2 Å². The molecule has 0 radical (unpaired) electrons. The Morgan fingerprint density at radius 1 is 1.38 bits per heavy atom. The zero-order chi connectivity index (χ0) is 9.84. The number of rotatable bonds is 3. The average Bonchev–Trinajstić information content (AvgIpc) is 2.16. The molecule has 0 saturated carbocycles. The Balaban J connectivity index is 3.14. The molecule has 0 atom stereocenters. The largest absolute Gasteiger partial charge is 0.366 e. The van der Waals surface area contributed by atoms with E-state index in [1.807, 2.05) is 6.07 Å². The van der Waals surface area contributed by atoms with Crippen LogP contribution in [0, 0.1) is 0 Å². The van der Waals surface area contributed by atoms with Crippen molar-refractivity contribution < 1.29 is 4.79 Å². The van der Waals surface area contributed by atoms with Gasteiger partial charge in [0.25, 0.3) is 0 Å². The minimum atomic E-state index is -0.422. The Labute approximate surface area is 90.2 Å². The number of carbonyl (C=O) groups is 1. The zero-order valence-electron chi connectivity index (χ0n) is 6.89. The smallest absolute Gasteiger partial charge is 0.248 e. The van der Waals surface area contributed by atoms with E-state index in [0.29, 0.717) is 16.8 Å². The summed E-state index contributed by atoms with van der Waals surface area (Å²) in [6, 6.07) is 5.41. The lowest BCUT2D eigenvalue weighted by molar-refractivity contribution is 0.1000. The minimum Gasteiger partial charge on any atom is -0.366 e. The first-order chi connectivity index (χ1) is 6.17. The van der Waals surface area contributed by atoms with E-state index < -0.39 is 5.91 Å². The second-order valence-corrected chi connectivity index (χ2v) is 3.50. The van der Waals surface area contributed by atoms with Crippen LogP contribution >= 0.6 is 27.5 Å². The Morgan fingerprint density at radius 3 is 2.46 bits per heavy atom. The predicted octanol–water partition coefficient (Wildman–Crippen LogP) is 2.42. The second-order valence-electron chi connectivity index (χ2n) is 2.67. The molecule has 0 heterocycles. The summed E-state index contributed by atoms with van der Waals surface area (Å²) in [5.41, 5.74) is 7.59. The Bertz CT molecular complexity index is 305. The van der Waals surface area contributed by atoms with E-state index in [1.165, 1.54) is 0 Å². The summed E-state index contributed by atoms with van der Waals surface area (Å²) in [6.07, 6.45) is 0. The van der Waals surface area contributed by atoms with E-state index in [2.05, 4.69) is 15.9 Å². The topological polar surface area (TPSA) is 43.1 Å². The highest BCUT2D eigenvalue weighted by atomic mass is 79.9. The van der Waals surface area contributed by atoms with E-state index in [4.69, 9.17) is 17.3 Å². The van der Waals surface area contributed by atoms with Gasteiger partial charge in [0.05, 0.1) is 0 Å². The van der Waals surface area contributed by atoms with Gasteiger partial charge >= 0.3 is 0 Å². The molecule has 13 heavy (non-hydrogen) atoms. The molecule has 0 saturated heterocycles. The van der Waals surface area contributed by atoms with Crippen LogP contribution in [0.25, 0.3) is 0 Å². The summed E-state index contributed by atoms with van der Waals surface area (Å²) in [5, 5.41) is 0.692. The van der Waals surface area contributed by atoms with Crippen molar-refractivity contribution in [2.24, 2.45) is 5.73 Å². The Morgan fingerprint density at radius 2 is 2.00 bits per heavy atom. The van der Waals surface area contributed by atoms with Crippen LogP contribution in [0.4, 0.5) is 0 Å². The lowest BCUT2D eigenvalue weighted by Gasteiger charge is -2.03. The maximum absolute atomic E-state index is 10.9. The minimum absolute atomic E-state index is 0.390. The maximum Gasteiger partial charge on any atom is 0.248 e. The summed E-state index contributed by atoms with van der Waals surface area (Å²) in [6.45, 7) is 0. The molecule has 0 aliphatic carbocycles. The van der Waals surface area contributed by atoms with E-state index in [1.54, 1.807) is 12.1 Å². The molecule has 0 aliphatic heterocycles. The lowest BCUT2D eigenvalue weighted by atomic mass is 10.1. The first-order valence-electron chi connectivity index (χ1n) is 3.72. The van der Waals surface area contributed by atoms with Crippen molar-refractivity contribution in [3.63, 3.8) is 0 Å². The number of nitrogens with two attached hydrogens (primary N) is 1. The van der Waals surface area contributed by atoms with Crippen LogP contribution in [0.5, 0.6) is 0 Å². The molecule has 1 amide bonds. The fourth-order valence-corrected chi connectivity index (χ4v) is 1.54. The number of hydrogen-bond acceptors (Lipinski definition) is 1. The van der Waals surface area contributed by atoms with E-state index >= 15 is 0 Å². The Hall–Kier alpha value is -0.540. The highest BCUT2D eigenvalue weighted by Crippen LogP contribution is 2.14. The average molecular weight is 263 g/mol. The molecular formula is C9H9BrClNO. The predicted molar refractivity (Wildman–Crippen MR) is 57.1 cm³/mol. The van der Waals surface area contributed by atoms with Crippen molar-refractivity contribution in [2.45, 2.75) is 11.2 Å². The van der Waals surface area contributed by atoms with Gasteiger partial charge in [0, 0.05) is 16.8 Å². The van der Waals surface area contributed by atoms with Gasteiger partial charge in [0.15, 0.2) is 0 Å². The third-order valence-electron chi connectivity index (χ3n) is 1.65. The fourth-order valence-electron chi connectivity index (χ4n) is 1.06. The molecular weight excluding hydrogens is 253 g/mol. The summed E-state index contributed by atoms with van der Waals surface area (Å²) in [4.78, 5) is 10.9. The molecule has 1 rings (SSSR count). The molecule has 0 aliphatic rings. The monoisotopic (exact) mass is 261 g/mol. The summed E-state index contributed by atoms with van der Waals surface area (Å²) < 4.78 is 0. The molecule has 70 valence electrons. The molecule has 2 nitrogen and oxygen atoms in total. The van der Waals surface area contributed by atoms with Gasteiger partial charge in [-0.3, -0.25) is 4.79 Å². The number of hydrogen-bond donors (Lipinski definition) is 1. The third kappa shape index (κ3) is 2.71. The maximum atomic E-state index is 10.9. The molecule has 1 aromatic carbocycles. The molecule has 0 bridgehead atoms. The molecule has 0 spiro atoms. The quantitative estimate of drug-likeness (QED) is 0.835. The van der Waals surface area contributed by atoms with Crippen LogP contribution in [0.3, 0.4) is 0 Å². The van der Waals surface area contributed by atoms with Gasteiger partial charge in [-0.05, 0) is 23.3 Å². The standard InChI is InChI=1S/C9H9BrClNO/c10-4-6-1-7(5-11)3-8(2-6)9(12)13/h1-3H,4-5H2,(H2,12,13). The van der Waals surface area contributed by atoms with E-state index in [-0.39, 0.29) is 0 Å². The van der Waals surface area contributed by atoms with Crippen molar-refractivity contribution in [3.05, 3.63) is 34.9 Å². The van der Waals surface area contributed by atoms with Gasteiger partial charge in [0.2, 0.25) is 5.91 Å². The van der Waals surface area contributed by atoms with Crippen LogP contribution in [0.1, 0.15) is 21.5 Å². The van der Waals surface area contributed by atoms with Crippen molar-refractivity contribution >= 4 is 33.4 Å². The first kappa shape index (κ1) is 10.5. The van der Waals surface area contributed by atoms with Crippen LogP contribution in [0.15, 0.2) is 18.2 Å². The molecule has 0 aromatic heterocycles. The number of alkyl halides is 2. The lowest BCUT2D eigenvalue weighted by Crippen LogP contribution is -2.11. The first-order valence-corrected chi connectivity index (χ1v) is 5.37. The number of benzene rings is 1. The second kappa shape index (κ2) is 4.63. The van der Waals surface area contributed by atoms with Crippen molar-refractivity contribution in [1.82, 2.24) is 0 Å². The van der Waals surface area contributed by atoms with Gasteiger partial charge in [-0.2, -0.15) is 0 Å². The van der Waals surface area contributed by atoms with Crippen molar-refractivity contribution in [3.8, 4) is 0 Å². The fraction of sp³-hybridized carbons (Fsp3) is 0.222. The molecule has 1 aromatic rings. The van der Waals surface area contributed by atoms with Crippen LogP contribution < -0.4 is 5.73 Å². The third-order valence-corrected chi connectivity index (χ3v) is 2.60. The van der Waals surface area contributed by atoms with Crippen molar-refractivity contribution in [2.75, 3.05) is 0 Å². The number of amides is 1. The highest BCUT2D eigenvalue weighted by molar-refractivity contribution is 9.08. The zero-order valence-corrected chi connectivity index (χ0v) is 9.23. The molecule has 0 fully saturated rings. The van der Waals surface area contributed by atoms with Crippen LogP contribution in [-0.4, -0.2) is 5.91 Å². The normalized spacial score (nSPS) is 10.0. The van der Waals surface area contributed by atoms with Gasteiger partial charge in [-0.1, -0.05) is 22.0 Å². The summed E-state index contributed by atoms with van der Waals surface area (Å²) in [7, 11) is 0. The van der Waals surface area contributed by atoms with Gasteiger partial charge in [0.1, 0.15) is 0 Å². The van der Waals surface area contributed by atoms with Gasteiger partial charge < -0.3 is 5.73 Å². The van der Waals surface area contributed by atoms with Gasteiger partial charge in [-0.25, -0.2) is 0 Å². The van der Waals surface area contributed by atoms with E-state index in [0.717, 1.165) is 11.1 Å². The summed E-state index contributed by atoms with van der Waals surface area (Å²) >= 11 is 8.97. The molecule has 4 heteroatoms. The molecule has 2 N–H and O–H groups in total. The number of carbonyl (C=O) groups excluding carboxylic acids is 1. The van der Waals surface area contributed by atoms with Gasteiger partial charge in [-0.15, -0.1) is 11.6 Å². The molecule has 0 unspecified atom stereocenters. The number of halogens is 2. The SMILES string of the molecule is NC(=O)c1cc(CCl)cc(CBr)c1.